The molecule has 0 radical (unpaired) electrons. The summed E-state index contributed by atoms with van der Waals surface area (Å²) in [6, 6.07) is 7.03. The molecule has 2 aromatic rings. The highest BCUT2D eigenvalue weighted by molar-refractivity contribution is 7.10. The van der Waals surface area contributed by atoms with Crippen molar-refractivity contribution < 1.29 is 18.0 Å². The van der Waals surface area contributed by atoms with Crippen LogP contribution in [0.25, 0.3) is 0 Å². The summed E-state index contributed by atoms with van der Waals surface area (Å²) in [6.07, 6.45) is -4.40. The van der Waals surface area contributed by atoms with Gasteiger partial charge in [0.05, 0.1) is 17.8 Å². The number of anilines is 2. The van der Waals surface area contributed by atoms with Crippen LogP contribution in [0.1, 0.15) is 17.4 Å². The number of amides is 1. The number of alkyl halides is 3. The number of halogens is 3. The molecule has 0 atom stereocenters. The van der Waals surface area contributed by atoms with Crippen LogP contribution >= 0.6 is 11.3 Å². The lowest BCUT2D eigenvalue weighted by molar-refractivity contribution is -0.137. The quantitative estimate of drug-likeness (QED) is 0.881. The first kappa shape index (κ1) is 15.4. The molecule has 7 heteroatoms. The van der Waals surface area contributed by atoms with Crippen LogP contribution < -0.4 is 10.6 Å². The van der Waals surface area contributed by atoms with Crippen molar-refractivity contribution in [2.24, 2.45) is 0 Å². The van der Waals surface area contributed by atoms with Gasteiger partial charge in [-0.2, -0.15) is 13.2 Å². The van der Waals surface area contributed by atoms with Gasteiger partial charge in [0.25, 0.3) is 0 Å². The third kappa shape index (κ3) is 3.98. The van der Waals surface area contributed by atoms with Gasteiger partial charge in [-0.3, -0.25) is 4.79 Å². The summed E-state index contributed by atoms with van der Waals surface area (Å²) in [6.45, 7) is 1.59. The number of hydrogen-bond donors (Lipinski definition) is 2. The van der Waals surface area contributed by atoms with Crippen LogP contribution in [0, 0.1) is 0 Å². The molecule has 0 aliphatic carbocycles. The number of carbonyl (C=O) groups is 1. The normalized spacial score (nSPS) is 11.2. The number of thiophene rings is 1. The first-order valence-electron chi connectivity index (χ1n) is 6.12. The van der Waals surface area contributed by atoms with Crippen molar-refractivity contribution in [1.29, 1.82) is 0 Å². The van der Waals surface area contributed by atoms with Crippen LogP contribution in [-0.2, 0) is 17.5 Å². The molecule has 0 aliphatic heterocycles. The van der Waals surface area contributed by atoms with Gasteiger partial charge < -0.3 is 10.6 Å². The molecule has 0 fully saturated rings. The van der Waals surface area contributed by atoms with Crippen LogP contribution in [0.4, 0.5) is 24.5 Å². The Hall–Kier alpha value is -2.02. The average molecular weight is 314 g/mol. The molecule has 0 saturated carbocycles. The van der Waals surface area contributed by atoms with Crippen LogP contribution in [0.2, 0.25) is 0 Å². The minimum Gasteiger partial charge on any atom is -0.380 e. The minimum absolute atomic E-state index is 0.0205. The van der Waals surface area contributed by atoms with Crippen molar-refractivity contribution in [2.75, 3.05) is 10.6 Å². The van der Waals surface area contributed by atoms with E-state index in [9.17, 15) is 18.0 Å². The molecule has 0 aliphatic rings. The van der Waals surface area contributed by atoms with Crippen molar-refractivity contribution >= 4 is 28.6 Å². The molecule has 0 saturated heterocycles. The summed E-state index contributed by atoms with van der Waals surface area (Å²) in [5.74, 6) is -0.217. The SMILES string of the molecule is CC(=O)Nc1ccsc1CNc1ccccc1C(F)(F)F. The van der Waals surface area contributed by atoms with Crippen molar-refractivity contribution in [3.63, 3.8) is 0 Å². The second-order valence-corrected chi connectivity index (χ2v) is 5.34. The molecule has 3 nitrogen and oxygen atoms in total. The number of carbonyl (C=O) groups excluding carboxylic acids is 1. The Morgan fingerprint density at radius 1 is 1.19 bits per heavy atom. The monoisotopic (exact) mass is 314 g/mol. The lowest BCUT2D eigenvalue weighted by atomic mass is 10.1. The van der Waals surface area contributed by atoms with E-state index in [1.807, 2.05) is 0 Å². The average Bonchev–Trinajstić information content (AvgIpc) is 2.82. The smallest absolute Gasteiger partial charge is 0.380 e. The van der Waals surface area contributed by atoms with Gasteiger partial charge in [-0.25, -0.2) is 0 Å². The van der Waals surface area contributed by atoms with Gasteiger partial charge in [-0.15, -0.1) is 11.3 Å². The summed E-state index contributed by atoms with van der Waals surface area (Å²) >= 11 is 1.37. The first-order chi connectivity index (χ1) is 9.88. The van der Waals surface area contributed by atoms with Gasteiger partial charge in [0.2, 0.25) is 5.91 Å². The van der Waals surface area contributed by atoms with E-state index in [0.717, 1.165) is 10.9 Å². The summed E-state index contributed by atoms with van der Waals surface area (Å²) in [5.41, 5.74) is -0.0701. The van der Waals surface area contributed by atoms with E-state index in [1.165, 1.54) is 30.4 Å². The van der Waals surface area contributed by atoms with Gasteiger partial charge in [0, 0.05) is 17.5 Å². The third-order valence-corrected chi connectivity index (χ3v) is 3.65. The lowest BCUT2D eigenvalue weighted by Gasteiger charge is -2.14. The third-order valence-electron chi connectivity index (χ3n) is 2.73. The van der Waals surface area contributed by atoms with Crippen molar-refractivity contribution in [1.82, 2.24) is 0 Å². The van der Waals surface area contributed by atoms with E-state index in [2.05, 4.69) is 10.6 Å². The first-order valence-corrected chi connectivity index (χ1v) is 7.00. The van der Waals surface area contributed by atoms with Crippen LogP contribution in [0.3, 0.4) is 0 Å². The zero-order valence-electron chi connectivity index (χ0n) is 11.1. The summed E-state index contributed by atoms with van der Waals surface area (Å²) in [5, 5.41) is 7.19. The van der Waals surface area contributed by atoms with Crippen LogP contribution in [-0.4, -0.2) is 5.91 Å². The Kier molecular flexibility index (Phi) is 4.52. The molecule has 1 aromatic heterocycles. The molecule has 21 heavy (non-hydrogen) atoms. The topological polar surface area (TPSA) is 41.1 Å². The molecule has 1 heterocycles. The maximum absolute atomic E-state index is 12.9. The Labute approximate surface area is 123 Å². The predicted molar refractivity (Wildman–Crippen MR) is 77.4 cm³/mol. The Bertz CT molecular complexity index is 637. The van der Waals surface area contributed by atoms with Crippen molar-refractivity contribution in [3.05, 3.63) is 46.2 Å². The number of rotatable bonds is 4. The zero-order valence-corrected chi connectivity index (χ0v) is 11.9. The molecular weight excluding hydrogens is 301 g/mol. The maximum atomic E-state index is 12.9. The fourth-order valence-corrected chi connectivity index (χ4v) is 2.61. The number of para-hydroxylation sites is 1. The highest BCUT2D eigenvalue weighted by Crippen LogP contribution is 2.35. The van der Waals surface area contributed by atoms with Gasteiger partial charge >= 0.3 is 6.18 Å². The van der Waals surface area contributed by atoms with Crippen LogP contribution in [0.5, 0.6) is 0 Å². The van der Waals surface area contributed by atoms with Gasteiger partial charge in [-0.1, -0.05) is 12.1 Å². The lowest BCUT2D eigenvalue weighted by Crippen LogP contribution is -2.11. The Balaban J connectivity index is 2.14. The maximum Gasteiger partial charge on any atom is 0.418 e. The van der Waals surface area contributed by atoms with Gasteiger partial charge in [-0.05, 0) is 23.6 Å². The van der Waals surface area contributed by atoms with Gasteiger partial charge in [0.15, 0.2) is 0 Å². The van der Waals surface area contributed by atoms with Crippen molar-refractivity contribution in [2.45, 2.75) is 19.6 Å². The van der Waals surface area contributed by atoms with E-state index in [0.29, 0.717) is 5.69 Å². The molecule has 0 spiro atoms. The zero-order chi connectivity index (χ0) is 15.5. The number of benzene rings is 1. The van der Waals surface area contributed by atoms with E-state index >= 15 is 0 Å². The van der Waals surface area contributed by atoms with E-state index in [1.54, 1.807) is 17.5 Å². The van der Waals surface area contributed by atoms with Crippen molar-refractivity contribution in [3.8, 4) is 0 Å². The minimum atomic E-state index is -4.40. The highest BCUT2D eigenvalue weighted by Gasteiger charge is 2.33. The predicted octanol–water partition coefficient (Wildman–Crippen LogP) is 4.34. The highest BCUT2D eigenvalue weighted by atomic mass is 32.1. The molecule has 2 rings (SSSR count). The molecule has 0 unspecified atom stereocenters. The largest absolute Gasteiger partial charge is 0.418 e. The molecule has 0 bridgehead atoms. The fourth-order valence-electron chi connectivity index (χ4n) is 1.84. The number of nitrogens with one attached hydrogen (secondary N) is 2. The second kappa shape index (κ2) is 6.17. The van der Waals surface area contributed by atoms with Gasteiger partial charge in [0.1, 0.15) is 0 Å². The molecule has 1 amide bonds. The standard InChI is InChI=1S/C14H13F3N2OS/c1-9(20)19-12-6-7-21-13(12)8-18-11-5-3-2-4-10(11)14(15,16)17/h2-7,18H,8H2,1H3,(H,19,20). The molecule has 1 aromatic carbocycles. The molecular formula is C14H13F3N2OS. The molecule has 112 valence electrons. The summed E-state index contributed by atoms with van der Waals surface area (Å²) in [7, 11) is 0. The Morgan fingerprint density at radius 2 is 1.90 bits per heavy atom. The summed E-state index contributed by atoms with van der Waals surface area (Å²) in [4.78, 5) is 11.8. The molecule has 2 N–H and O–H groups in total. The van der Waals surface area contributed by atoms with E-state index in [4.69, 9.17) is 0 Å². The van der Waals surface area contributed by atoms with E-state index < -0.39 is 11.7 Å². The van der Waals surface area contributed by atoms with E-state index in [-0.39, 0.29) is 18.1 Å². The Morgan fingerprint density at radius 3 is 2.57 bits per heavy atom. The second-order valence-electron chi connectivity index (χ2n) is 4.34. The number of hydrogen-bond acceptors (Lipinski definition) is 3. The summed E-state index contributed by atoms with van der Waals surface area (Å²) < 4.78 is 38.6. The van der Waals surface area contributed by atoms with Crippen LogP contribution in [0.15, 0.2) is 35.7 Å². The fraction of sp³-hybridized carbons (Fsp3) is 0.214.